The molecule has 0 radical (unpaired) electrons. The van der Waals surface area contributed by atoms with E-state index in [-0.39, 0.29) is 12.0 Å². The van der Waals surface area contributed by atoms with E-state index in [0.717, 1.165) is 36.4 Å². The molecule has 0 bridgehead atoms. The molecule has 7 heteroatoms. The van der Waals surface area contributed by atoms with Crippen LogP contribution in [0.2, 0.25) is 0 Å². The summed E-state index contributed by atoms with van der Waals surface area (Å²) in [7, 11) is 3.91. The van der Waals surface area contributed by atoms with Gasteiger partial charge in [0.15, 0.2) is 0 Å². The lowest BCUT2D eigenvalue weighted by atomic mass is 10.1. The van der Waals surface area contributed by atoms with Crippen LogP contribution in [-0.2, 0) is 6.54 Å². The number of carbonyl (C=O) groups excluding carboxylic acids is 1. The number of amides is 1. The summed E-state index contributed by atoms with van der Waals surface area (Å²) in [4.78, 5) is 25.8. The van der Waals surface area contributed by atoms with Crippen molar-refractivity contribution in [2.45, 2.75) is 26.0 Å². The first-order chi connectivity index (χ1) is 16.0. The van der Waals surface area contributed by atoms with E-state index < -0.39 is 0 Å². The summed E-state index contributed by atoms with van der Waals surface area (Å²) in [6, 6.07) is 18.3. The number of hydrogen-bond acceptors (Lipinski definition) is 6. The maximum atomic E-state index is 13.2. The fourth-order valence-electron chi connectivity index (χ4n) is 3.99. The Morgan fingerprint density at radius 3 is 2.58 bits per heavy atom. The molecule has 0 saturated heterocycles. The van der Waals surface area contributed by atoms with E-state index in [1.165, 1.54) is 0 Å². The molecule has 3 aromatic rings. The number of nitrogens with one attached hydrogen (secondary N) is 1. The van der Waals surface area contributed by atoms with Gasteiger partial charge in [-0.3, -0.25) is 4.79 Å². The lowest BCUT2D eigenvalue weighted by Crippen LogP contribution is -2.33. The molecule has 0 spiro atoms. The van der Waals surface area contributed by atoms with E-state index in [9.17, 15) is 4.79 Å². The number of ether oxygens (including phenoxy) is 1. The fourth-order valence-corrected chi connectivity index (χ4v) is 3.99. The molecule has 1 amide bonds. The smallest absolute Gasteiger partial charge is 0.259 e. The highest BCUT2D eigenvalue weighted by atomic mass is 16.5. The number of aromatic nitrogens is 2. The minimum atomic E-state index is -0.0362. The van der Waals surface area contributed by atoms with E-state index >= 15 is 0 Å². The molecule has 0 saturated carbocycles. The fraction of sp³-hybridized carbons (Fsp3) is 0.346. The highest BCUT2D eigenvalue weighted by Gasteiger charge is 2.26. The minimum Gasteiger partial charge on any atom is -0.486 e. The summed E-state index contributed by atoms with van der Waals surface area (Å²) in [6.45, 7) is 4.59. The maximum absolute atomic E-state index is 13.2. The number of likely N-dealkylation sites (N-methyl/N-ethyl adjacent to an activating group) is 1. The van der Waals surface area contributed by atoms with E-state index in [0.29, 0.717) is 30.3 Å². The number of carbonyl (C=O) groups is 1. The van der Waals surface area contributed by atoms with Crippen LogP contribution in [0.4, 0.5) is 5.82 Å². The Labute approximate surface area is 195 Å². The third-order valence-electron chi connectivity index (χ3n) is 5.88. The summed E-state index contributed by atoms with van der Waals surface area (Å²) in [6.07, 6.45) is 2.49. The predicted octanol–water partition coefficient (Wildman–Crippen LogP) is 3.61. The van der Waals surface area contributed by atoms with Crippen LogP contribution in [0.5, 0.6) is 5.75 Å². The first kappa shape index (κ1) is 22.7. The van der Waals surface area contributed by atoms with Crippen LogP contribution in [0.3, 0.4) is 0 Å². The molecular formula is C26H31N5O2. The van der Waals surface area contributed by atoms with Crippen molar-refractivity contribution in [3.05, 3.63) is 83.3 Å². The van der Waals surface area contributed by atoms with Gasteiger partial charge >= 0.3 is 0 Å². The molecule has 2 aromatic carbocycles. The number of aryl methyl sites for hydroxylation is 1. The normalized spacial score (nSPS) is 14.6. The summed E-state index contributed by atoms with van der Waals surface area (Å²) < 4.78 is 6.32. The van der Waals surface area contributed by atoms with Gasteiger partial charge in [-0.05, 0) is 43.8 Å². The van der Waals surface area contributed by atoms with Crippen molar-refractivity contribution >= 4 is 11.7 Å². The largest absolute Gasteiger partial charge is 0.486 e. The number of nitrogens with zero attached hydrogens (tertiary/aromatic N) is 4. The van der Waals surface area contributed by atoms with Crippen molar-refractivity contribution in [1.29, 1.82) is 0 Å². The standard InChI is InChI=1S/C26H31N5O2/c1-19-28-17-23-25(29-19)30(3)15-16-31(26(23)32)18-20-9-11-22(12-10-20)33-24(13-14-27-2)21-7-5-4-6-8-21/h4-12,17,24,27H,13-16,18H2,1-3H3. The number of hydrogen-bond donors (Lipinski definition) is 1. The van der Waals surface area contributed by atoms with E-state index in [2.05, 4.69) is 27.4 Å². The topological polar surface area (TPSA) is 70.6 Å². The van der Waals surface area contributed by atoms with E-state index in [4.69, 9.17) is 4.74 Å². The molecule has 2 heterocycles. The predicted molar refractivity (Wildman–Crippen MR) is 130 cm³/mol. The van der Waals surface area contributed by atoms with Gasteiger partial charge in [0.05, 0.1) is 0 Å². The first-order valence-electron chi connectivity index (χ1n) is 11.3. The molecule has 172 valence electrons. The van der Waals surface area contributed by atoms with Crippen LogP contribution in [-0.4, -0.2) is 54.5 Å². The van der Waals surface area contributed by atoms with Crippen molar-refractivity contribution in [3.8, 4) is 5.75 Å². The SMILES string of the molecule is CNCCC(Oc1ccc(CN2CCN(C)c3nc(C)ncc3C2=O)cc1)c1ccccc1. The van der Waals surface area contributed by atoms with Crippen LogP contribution in [0, 0.1) is 6.92 Å². The number of benzene rings is 2. The molecule has 1 aliphatic rings. The molecule has 7 nitrogen and oxygen atoms in total. The molecule has 0 fully saturated rings. The van der Waals surface area contributed by atoms with Gasteiger partial charge in [0.2, 0.25) is 0 Å². The number of rotatable bonds is 8. The average Bonchev–Trinajstić information content (AvgIpc) is 2.95. The average molecular weight is 446 g/mol. The van der Waals surface area contributed by atoms with E-state index in [1.54, 1.807) is 6.20 Å². The monoisotopic (exact) mass is 445 g/mol. The van der Waals surface area contributed by atoms with Gasteiger partial charge in [0.25, 0.3) is 5.91 Å². The van der Waals surface area contributed by atoms with Gasteiger partial charge in [-0.25, -0.2) is 9.97 Å². The Morgan fingerprint density at radius 2 is 1.85 bits per heavy atom. The zero-order chi connectivity index (χ0) is 23.2. The van der Waals surface area contributed by atoms with Crippen molar-refractivity contribution in [1.82, 2.24) is 20.2 Å². The van der Waals surface area contributed by atoms with Gasteiger partial charge < -0.3 is 19.9 Å². The molecule has 0 aliphatic carbocycles. The second-order valence-corrected chi connectivity index (χ2v) is 8.36. The van der Waals surface area contributed by atoms with Crippen molar-refractivity contribution in [3.63, 3.8) is 0 Å². The molecule has 1 aliphatic heterocycles. The van der Waals surface area contributed by atoms with Crippen LogP contribution in [0.25, 0.3) is 0 Å². The lowest BCUT2D eigenvalue weighted by molar-refractivity contribution is 0.0754. The van der Waals surface area contributed by atoms with Crippen LogP contribution in [0.15, 0.2) is 60.8 Å². The van der Waals surface area contributed by atoms with Crippen molar-refractivity contribution in [2.24, 2.45) is 0 Å². The Bertz CT molecular complexity index is 1070. The van der Waals surface area contributed by atoms with Crippen molar-refractivity contribution < 1.29 is 9.53 Å². The van der Waals surface area contributed by atoms with Crippen molar-refractivity contribution in [2.75, 3.05) is 38.6 Å². The Balaban J connectivity index is 1.46. The van der Waals surface area contributed by atoms with Crippen LogP contribution >= 0.6 is 0 Å². The first-order valence-corrected chi connectivity index (χ1v) is 11.3. The quantitative estimate of drug-likeness (QED) is 0.571. The summed E-state index contributed by atoms with van der Waals surface area (Å²) in [5.74, 6) is 2.15. The lowest BCUT2D eigenvalue weighted by Gasteiger charge is -2.22. The Morgan fingerprint density at radius 1 is 1.09 bits per heavy atom. The number of anilines is 1. The summed E-state index contributed by atoms with van der Waals surface area (Å²) in [5.41, 5.74) is 2.77. The highest BCUT2D eigenvalue weighted by Crippen LogP contribution is 2.26. The zero-order valence-electron chi connectivity index (χ0n) is 19.5. The van der Waals surface area contributed by atoms with Crippen LogP contribution in [0.1, 0.15) is 39.8 Å². The van der Waals surface area contributed by atoms with Gasteiger partial charge in [0.1, 0.15) is 29.1 Å². The summed E-state index contributed by atoms with van der Waals surface area (Å²) >= 11 is 0. The molecular weight excluding hydrogens is 414 g/mol. The van der Waals surface area contributed by atoms with Gasteiger partial charge in [-0.15, -0.1) is 0 Å². The Kier molecular flexibility index (Phi) is 7.19. The zero-order valence-corrected chi connectivity index (χ0v) is 19.5. The minimum absolute atomic E-state index is 0.0211. The molecule has 1 N–H and O–H groups in total. The second kappa shape index (κ2) is 10.4. The maximum Gasteiger partial charge on any atom is 0.259 e. The molecule has 1 unspecified atom stereocenters. The second-order valence-electron chi connectivity index (χ2n) is 8.36. The molecule has 1 aromatic heterocycles. The van der Waals surface area contributed by atoms with Crippen LogP contribution < -0.4 is 15.0 Å². The molecule has 33 heavy (non-hydrogen) atoms. The third kappa shape index (κ3) is 5.49. The molecule has 1 atom stereocenters. The molecule has 4 rings (SSSR count). The number of fused-ring (bicyclic) bond motifs is 1. The Hall–Kier alpha value is -3.45. The highest BCUT2D eigenvalue weighted by molar-refractivity contribution is 5.99. The van der Waals surface area contributed by atoms with Gasteiger partial charge in [-0.2, -0.15) is 0 Å². The van der Waals surface area contributed by atoms with Gasteiger partial charge in [-0.1, -0.05) is 42.5 Å². The van der Waals surface area contributed by atoms with Gasteiger partial charge in [0, 0.05) is 39.3 Å². The van der Waals surface area contributed by atoms with E-state index in [1.807, 2.05) is 73.3 Å². The third-order valence-corrected chi connectivity index (χ3v) is 5.88. The summed E-state index contributed by atoms with van der Waals surface area (Å²) in [5, 5.41) is 3.20.